The quantitative estimate of drug-likeness (QED) is 0.563. The van der Waals surface area contributed by atoms with Gasteiger partial charge in [0.25, 0.3) is 5.91 Å². The minimum atomic E-state index is -0.560. The van der Waals surface area contributed by atoms with Gasteiger partial charge in [-0.1, -0.05) is 0 Å². The molecule has 1 aliphatic rings. The van der Waals surface area contributed by atoms with Crippen molar-refractivity contribution in [2.75, 3.05) is 33.8 Å². The maximum atomic E-state index is 13.4. The summed E-state index contributed by atoms with van der Waals surface area (Å²) in [7, 11) is 6.24. The molecule has 8 nitrogen and oxygen atoms in total. The monoisotopic (exact) mass is 443 g/mol. The standard InChI is InChI=1S/C22H25N3O5S/c1-12-19(21(26)24-16-11-14(28-3)7-9-18(16)30-5)20(25-22(31)23-12)15-10-13(27-2)6-8-17(15)29-4/h6-11,20H,1-5H3,(H,24,26)(H2,23,25,31)/t20-/m0/s1. The van der Waals surface area contributed by atoms with Gasteiger partial charge in [-0.15, -0.1) is 0 Å². The number of amides is 1. The van der Waals surface area contributed by atoms with Crippen molar-refractivity contribution in [1.82, 2.24) is 10.6 Å². The molecule has 3 N–H and O–H groups in total. The highest BCUT2D eigenvalue weighted by atomic mass is 32.1. The molecule has 0 unspecified atom stereocenters. The van der Waals surface area contributed by atoms with Gasteiger partial charge >= 0.3 is 0 Å². The number of ether oxygens (including phenoxy) is 4. The third-order valence-corrected chi connectivity index (χ3v) is 5.14. The van der Waals surface area contributed by atoms with Crippen LogP contribution in [0.1, 0.15) is 18.5 Å². The second kappa shape index (κ2) is 9.57. The first-order chi connectivity index (χ1) is 14.9. The second-order valence-corrected chi connectivity index (χ2v) is 7.11. The Morgan fingerprint density at radius 1 is 0.935 bits per heavy atom. The zero-order valence-electron chi connectivity index (χ0n) is 18.0. The summed E-state index contributed by atoms with van der Waals surface area (Å²) < 4.78 is 21.6. The van der Waals surface area contributed by atoms with Crippen molar-refractivity contribution in [3.8, 4) is 23.0 Å². The van der Waals surface area contributed by atoms with Crippen molar-refractivity contribution in [1.29, 1.82) is 0 Å². The summed E-state index contributed by atoms with van der Waals surface area (Å²) in [6, 6.07) is 10.0. The molecule has 2 aromatic rings. The number of hydrogen-bond acceptors (Lipinski definition) is 6. The molecule has 1 atom stereocenters. The highest BCUT2D eigenvalue weighted by Crippen LogP contribution is 2.37. The van der Waals surface area contributed by atoms with Gasteiger partial charge in [0.15, 0.2) is 5.11 Å². The molecule has 1 aliphatic heterocycles. The fourth-order valence-corrected chi connectivity index (χ4v) is 3.67. The lowest BCUT2D eigenvalue weighted by Crippen LogP contribution is -2.45. The molecule has 0 saturated carbocycles. The Balaban J connectivity index is 2.04. The highest BCUT2D eigenvalue weighted by Gasteiger charge is 2.32. The van der Waals surface area contributed by atoms with Gasteiger partial charge in [-0.2, -0.15) is 0 Å². The number of benzene rings is 2. The van der Waals surface area contributed by atoms with Gasteiger partial charge in [-0.25, -0.2) is 0 Å². The van der Waals surface area contributed by atoms with Crippen LogP contribution in [0.15, 0.2) is 47.7 Å². The molecule has 164 valence electrons. The number of hydrogen-bond donors (Lipinski definition) is 3. The van der Waals surface area contributed by atoms with E-state index < -0.39 is 6.04 Å². The van der Waals surface area contributed by atoms with Gasteiger partial charge < -0.3 is 34.9 Å². The number of carbonyl (C=O) groups is 1. The minimum Gasteiger partial charge on any atom is -0.497 e. The molecule has 9 heteroatoms. The maximum Gasteiger partial charge on any atom is 0.255 e. The largest absolute Gasteiger partial charge is 0.497 e. The number of anilines is 1. The smallest absolute Gasteiger partial charge is 0.255 e. The van der Waals surface area contributed by atoms with Crippen LogP contribution >= 0.6 is 12.2 Å². The summed E-state index contributed by atoms with van der Waals surface area (Å²) in [5.74, 6) is 2.00. The highest BCUT2D eigenvalue weighted by molar-refractivity contribution is 7.80. The van der Waals surface area contributed by atoms with Crippen molar-refractivity contribution < 1.29 is 23.7 Å². The van der Waals surface area contributed by atoms with Gasteiger partial charge in [0.2, 0.25) is 0 Å². The van der Waals surface area contributed by atoms with E-state index in [9.17, 15) is 4.79 Å². The maximum absolute atomic E-state index is 13.4. The van der Waals surface area contributed by atoms with Crippen LogP contribution in [0.2, 0.25) is 0 Å². The molecular formula is C22H25N3O5S. The number of allylic oxidation sites excluding steroid dienone is 1. The SMILES string of the molecule is COc1ccc(OC)c(NC(=O)C2=C(C)NC(=S)N[C@H]2c2cc(OC)ccc2OC)c1. The Morgan fingerprint density at radius 3 is 2.16 bits per heavy atom. The number of rotatable bonds is 7. The van der Waals surface area contributed by atoms with Crippen LogP contribution in [0.4, 0.5) is 5.69 Å². The Morgan fingerprint density at radius 2 is 1.55 bits per heavy atom. The summed E-state index contributed by atoms with van der Waals surface area (Å²) in [6.07, 6.45) is 0. The predicted octanol–water partition coefficient (Wildman–Crippen LogP) is 3.15. The van der Waals surface area contributed by atoms with Gasteiger partial charge in [0.05, 0.1) is 45.7 Å². The van der Waals surface area contributed by atoms with E-state index in [2.05, 4.69) is 16.0 Å². The molecule has 0 radical (unpaired) electrons. The lowest BCUT2D eigenvalue weighted by Gasteiger charge is -2.31. The zero-order chi connectivity index (χ0) is 22.5. The van der Waals surface area contributed by atoms with Gasteiger partial charge in [0, 0.05) is 17.3 Å². The number of nitrogens with one attached hydrogen (secondary N) is 3. The molecule has 1 heterocycles. The normalized spacial score (nSPS) is 15.5. The number of methoxy groups -OCH3 is 4. The van der Waals surface area contributed by atoms with E-state index in [4.69, 9.17) is 31.2 Å². The fraction of sp³-hybridized carbons (Fsp3) is 0.273. The first-order valence-electron chi connectivity index (χ1n) is 9.45. The van der Waals surface area contributed by atoms with E-state index in [0.29, 0.717) is 50.6 Å². The minimum absolute atomic E-state index is 0.332. The molecule has 0 aromatic heterocycles. The molecule has 0 fully saturated rings. The average Bonchev–Trinajstić information content (AvgIpc) is 2.77. The van der Waals surface area contributed by atoms with E-state index in [1.807, 2.05) is 6.07 Å². The van der Waals surface area contributed by atoms with Gasteiger partial charge in [0.1, 0.15) is 23.0 Å². The van der Waals surface area contributed by atoms with Crippen molar-refractivity contribution in [2.24, 2.45) is 0 Å². The van der Waals surface area contributed by atoms with Crippen LogP contribution < -0.4 is 34.9 Å². The fourth-order valence-electron chi connectivity index (χ4n) is 3.39. The zero-order valence-corrected chi connectivity index (χ0v) is 18.8. The summed E-state index contributed by atoms with van der Waals surface area (Å²) in [4.78, 5) is 13.4. The van der Waals surface area contributed by atoms with Gasteiger partial charge in [-0.05, 0) is 49.5 Å². The number of carbonyl (C=O) groups excluding carboxylic acids is 1. The van der Waals surface area contributed by atoms with Crippen LogP contribution in [0, 0.1) is 0 Å². The van der Waals surface area contributed by atoms with E-state index >= 15 is 0 Å². The molecule has 31 heavy (non-hydrogen) atoms. The topological polar surface area (TPSA) is 90.1 Å². The molecule has 1 amide bonds. The molecule has 0 aliphatic carbocycles. The molecule has 0 spiro atoms. The first kappa shape index (κ1) is 22.2. The Labute approximate surface area is 186 Å². The summed E-state index contributed by atoms with van der Waals surface area (Å²) in [5.41, 5.74) is 2.27. The summed E-state index contributed by atoms with van der Waals surface area (Å²) >= 11 is 5.35. The molecule has 0 saturated heterocycles. The van der Waals surface area contributed by atoms with Crippen LogP contribution in [-0.4, -0.2) is 39.5 Å². The Kier molecular flexibility index (Phi) is 6.86. The first-order valence-corrected chi connectivity index (χ1v) is 9.86. The van der Waals surface area contributed by atoms with Crippen molar-refractivity contribution in [3.05, 3.63) is 53.2 Å². The van der Waals surface area contributed by atoms with E-state index in [1.54, 1.807) is 58.6 Å². The average molecular weight is 444 g/mol. The predicted molar refractivity (Wildman–Crippen MR) is 122 cm³/mol. The van der Waals surface area contributed by atoms with Crippen LogP contribution in [0.5, 0.6) is 23.0 Å². The summed E-state index contributed by atoms with van der Waals surface area (Å²) in [5, 5.41) is 9.52. The van der Waals surface area contributed by atoms with E-state index in [-0.39, 0.29) is 5.91 Å². The number of thiocarbonyl (C=S) groups is 1. The molecule has 2 aromatic carbocycles. The van der Waals surface area contributed by atoms with Gasteiger partial charge in [-0.3, -0.25) is 4.79 Å². The molecule has 0 bridgehead atoms. The molecule has 3 rings (SSSR count). The third kappa shape index (κ3) is 4.66. The Hall–Kier alpha value is -3.46. The third-order valence-electron chi connectivity index (χ3n) is 4.92. The summed E-state index contributed by atoms with van der Waals surface area (Å²) in [6.45, 7) is 1.80. The second-order valence-electron chi connectivity index (χ2n) is 6.70. The van der Waals surface area contributed by atoms with Crippen molar-refractivity contribution in [3.63, 3.8) is 0 Å². The van der Waals surface area contributed by atoms with Crippen molar-refractivity contribution in [2.45, 2.75) is 13.0 Å². The van der Waals surface area contributed by atoms with Crippen LogP contribution in [0.3, 0.4) is 0 Å². The lowest BCUT2D eigenvalue weighted by atomic mass is 9.94. The molecular weight excluding hydrogens is 418 g/mol. The van der Waals surface area contributed by atoms with Crippen LogP contribution in [-0.2, 0) is 4.79 Å². The lowest BCUT2D eigenvalue weighted by molar-refractivity contribution is -0.113. The van der Waals surface area contributed by atoms with E-state index in [0.717, 1.165) is 0 Å². The van der Waals surface area contributed by atoms with Crippen molar-refractivity contribution >= 4 is 28.9 Å². The van der Waals surface area contributed by atoms with E-state index in [1.165, 1.54) is 7.11 Å². The Bertz CT molecular complexity index is 1040. The van der Waals surface area contributed by atoms with Crippen LogP contribution in [0.25, 0.3) is 0 Å².